The molecule has 0 aliphatic heterocycles. The van der Waals surface area contributed by atoms with Crippen LogP contribution in [0.5, 0.6) is 0 Å². The molecular weight excluding hydrogens is 400 g/mol. The summed E-state index contributed by atoms with van der Waals surface area (Å²) in [5.74, 6) is 0. The Balaban J connectivity index is -0.000000532. The second kappa shape index (κ2) is 34.3. The molecule has 0 rings (SSSR count). The van der Waals surface area contributed by atoms with Crippen LogP contribution in [0.25, 0.3) is 0 Å². The summed E-state index contributed by atoms with van der Waals surface area (Å²) in [5.41, 5.74) is 0. The first-order chi connectivity index (χ1) is 15.0. The van der Waals surface area contributed by atoms with Gasteiger partial charge in [0, 0.05) is 13.2 Å². The van der Waals surface area contributed by atoms with Crippen LogP contribution in [0.15, 0.2) is 0 Å². The van der Waals surface area contributed by atoms with Crippen molar-refractivity contribution in [1.29, 1.82) is 0 Å². The Morgan fingerprint density at radius 1 is 0.452 bits per heavy atom. The molecule has 0 aliphatic carbocycles. The highest BCUT2D eigenvalue weighted by Gasteiger charge is 1.95. The van der Waals surface area contributed by atoms with Crippen molar-refractivity contribution in [3.05, 3.63) is 0 Å². The van der Waals surface area contributed by atoms with E-state index in [-0.39, 0.29) is 26.4 Å². The first-order valence-electron chi connectivity index (χ1n) is 12.4. The lowest BCUT2D eigenvalue weighted by molar-refractivity contribution is 0.0450. The molecule has 0 spiro atoms. The molecule has 0 aromatic rings. The molecule has 0 radical (unpaired) electrons. The molecule has 0 fully saturated rings. The molecule has 31 heavy (non-hydrogen) atoms. The normalized spacial score (nSPS) is 10.6. The molecule has 0 heterocycles. The molecule has 0 saturated carbocycles. The maximum Gasteiger partial charge on any atom is 0.100 e. The van der Waals surface area contributed by atoms with Gasteiger partial charge in [-0.3, -0.25) is 0 Å². The van der Waals surface area contributed by atoms with Gasteiger partial charge in [-0.25, -0.2) is 0 Å². The van der Waals surface area contributed by atoms with E-state index in [1.165, 1.54) is 89.9 Å². The average molecular weight is 455 g/mol. The Kier molecular flexibility index (Phi) is 39.1. The summed E-state index contributed by atoms with van der Waals surface area (Å²) < 4.78 is 5.69. The minimum absolute atomic E-state index is 0.365. The first-order valence-corrected chi connectivity index (χ1v) is 12.4. The quantitative estimate of drug-likeness (QED) is 0.156. The van der Waals surface area contributed by atoms with Crippen LogP contribution in [-0.2, 0) is 4.74 Å². The van der Waals surface area contributed by atoms with Crippen LogP contribution in [0.4, 0.5) is 0 Å². The molecule has 0 bridgehead atoms. The fraction of sp³-hybridized carbons (Fsp3) is 1.00. The SMILES string of the molecule is CCCCCCCCCOCCCCCCCCC.OCC(O)CO.OCC(O)CO. The van der Waals surface area contributed by atoms with Gasteiger partial charge in [0.05, 0.1) is 26.4 Å². The zero-order valence-corrected chi connectivity index (χ0v) is 20.4. The summed E-state index contributed by atoms with van der Waals surface area (Å²) in [6.45, 7) is 5.07. The topological polar surface area (TPSA) is 131 Å². The second-order valence-electron chi connectivity index (χ2n) is 7.89. The maximum absolute atomic E-state index is 8.17. The van der Waals surface area contributed by atoms with E-state index in [9.17, 15) is 0 Å². The van der Waals surface area contributed by atoms with Gasteiger partial charge >= 0.3 is 0 Å². The van der Waals surface area contributed by atoms with Crippen molar-refractivity contribution in [2.24, 2.45) is 0 Å². The minimum atomic E-state index is -0.954. The van der Waals surface area contributed by atoms with Crippen LogP contribution < -0.4 is 0 Å². The van der Waals surface area contributed by atoms with Crippen molar-refractivity contribution in [2.75, 3.05) is 39.6 Å². The van der Waals surface area contributed by atoms with Gasteiger partial charge in [0.2, 0.25) is 0 Å². The number of aliphatic hydroxyl groups excluding tert-OH is 6. The molecule has 0 atom stereocenters. The minimum Gasteiger partial charge on any atom is -0.394 e. The van der Waals surface area contributed by atoms with Crippen molar-refractivity contribution in [3.63, 3.8) is 0 Å². The van der Waals surface area contributed by atoms with E-state index < -0.39 is 12.2 Å². The van der Waals surface area contributed by atoms with Crippen LogP contribution in [0.2, 0.25) is 0 Å². The number of aliphatic hydroxyl groups is 6. The number of hydrogen-bond donors (Lipinski definition) is 6. The first kappa shape index (κ1) is 35.3. The maximum atomic E-state index is 8.17. The van der Waals surface area contributed by atoms with E-state index in [1.807, 2.05) is 0 Å². The van der Waals surface area contributed by atoms with Crippen molar-refractivity contribution < 1.29 is 35.4 Å². The lowest BCUT2D eigenvalue weighted by Gasteiger charge is -2.04. The summed E-state index contributed by atoms with van der Waals surface area (Å²) in [5, 5.41) is 48.0. The Morgan fingerprint density at radius 3 is 0.935 bits per heavy atom. The van der Waals surface area contributed by atoms with E-state index in [0.717, 1.165) is 13.2 Å². The van der Waals surface area contributed by atoms with E-state index >= 15 is 0 Å². The summed E-state index contributed by atoms with van der Waals surface area (Å²) in [6.07, 6.45) is 17.4. The Bertz CT molecular complexity index is 247. The lowest BCUT2D eigenvalue weighted by atomic mass is 10.1. The highest BCUT2D eigenvalue weighted by Crippen LogP contribution is 2.08. The molecule has 0 aliphatic rings. The van der Waals surface area contributed by atoms with Crippen molar-refractivity contribution in [3.8, 4) is 0 Å². The summed E-state index contributed by atoms with van der Waals surface area (Å²) in [4.78, 5) is 0. The molecule has 7 nitrogen and oxygen atoms in total. The molecule has 0 aromatic heterocycles. The number of rotatable bonds is 20. The molecule has 0 amide bonds. The van der Waals surface area contributed by atoms with Gasteiger partial charge in [-0.05, 0) is 12.8 Å². The van der Waals surface area contributed by atoms with Crippen molar-refractivity contribution in [1.82, 2.24) is 0 Å². The van der Waals surface area contributed by atoms with Crippen molar-refractivity contribution in [2.45, 2.75) is 116 Å². The molecule has 6 N–H and O–H groups in total. The zero-order valence-electron chi connectivity index (χ0n) is 20.4. The van der Waals surface area contributed by atoms with Crippen LogP contribution in [0, 0.1) is 0 Å². The Hall–Kier alpha value is -0.280. The molecular formula is C24H54O7. The van der Waals surface area contributed by atoms with Gasteiger partial charge < -0.3 is 35.4 Å². The number of unbranched alkanes of at least 4 members (excludes halogenated alkanes) is 12. The third kappa shape index (κ3) is 40.6. The standard InChI is InChI=1S/C18H38O.2C3H8O3/c1-3-5-7-9-11-13-15-17-19-18-16-14-12-10-8-6-4-2;2*4-1-3(6)2-5/h3-18H2,1-2H3;2*3-6H,1-2H2. The van der Waals surface area contributed by atoms with E-state index in [2.05, 4.69) is 13.8 Å². The van der Waals surface area contributed by atoms with E-state index in [0.29, 0.717) is 0 Å². The fourth-order valence-electron chi connectivity index (χ4n) is 2.54. The largest absolute Gasteiger partial charge is 0.394 e. The molecule has 192 valence electrons. The van der Waals surface area contributed by atoms with Gasteiger partial charge in [0.1, 0.15) is 12.2 Å². The molecule has 0 aromatic carbocycles. The summed E-state index contributed by atoms with van der Waals surface area (Å²) >= 11 is 0. The Morgan fingerprint density at radius 2 is 0.710 bits per heavy atom. The van der Waals surface area contributed by atoms with Gasteiger partial charge in [0.25, 0.3) is 0 Å². The van der Waals surface area contributed by atoms with Crippen LogP contribution in [0.1, 0.15) is 104 Å². The van der Waals surface area contributed by atoms with Gasteiger partial charge in [-0.15, -0.1) is 0 Å². The third-order valence-corrected chi connectivity index (χ3v) is 4.63. The Labute approximate surface area is 191 Å². The second-order valence-corrected chi connectivity index (χ2v) is 7.89. The highest BCUT2D eigenvalue weighted by molar-refractivity contribution is 4.47. The third-order valence-electron chi connectivity index (χ3n) is 4.63. The van der Waals surface area contributed by atoms with Gasteiger partial charge in [0.15, 0.2) is 0 Å². The predicted molar refractivity (Wildman–Crippen MR) is 127 cm³/mol. The smallest absolute Gasteiger partial charge is 0.100 e. The number of ether oxygens (including phenoxy) is 1. The van der Waals surface area contributed by atoms with E-state index in [1.54, 1.807) is 0 Å². The monoisotopic (exact) mass is 454 g/mol. The van der Waals surface area contributed by atoms with Gasteiger partial charge in [-0.2, -0.15) is 0 Å². The molecule has 0 unspecified atom stereocenters. The highest BCUT2D eigenvalue weighted by atomic mass is 16.5. The summed E-state index contributed by atoms with van der Waals surface area (Å²) in [7, 11) is 0. The zero-order chi connectivity index (χ0) is 24.0. The van der Waals surface area contributed by atoms with Crippen LogP contribution >= 0.6 is 0 Å². The van der Waals surface area contributed by atoms with Crippen molar-refractivity contribution >= 4 is 0 Å². The predicted octanol–water partition coefficient (Wildman–Crippen LogP) is 3.17. The van der Waals surface area contributed by atoms with E-state index in [4.69, 9.17) is 35.4 Å². The lowest BCUT2D eigenvalue weighted by Crippen LogP contribution is -2.15. The molecule has 7 heteroatoms. The van der Waals surface area contributed by atoms with Crippen LogP contribution in [-0.4, -0.2) is 82.5 Å². The number of hydrogen-bond acceptors (Lipinski definition) is 7. The average Bonchev–Trinajstić information content (AvgIpc) is 2.81. The molecule has 0 saturated heterocycles. The van der Waals surface area contributed by atoms with Gasteiger partial charge in [-0.1, -0.05) is 90.9 Å². The summed E-state index contributed by atoms with van der Waals surface area (Å²) in [6, 6.07) is 0. The fourth-order valence-corrected chi connectivity index (χ4v) is 2.54. The van der Waals surface area contributed by atoms with Crippen LogP contribution in [0.3, 0.4) is 0 Å².